The van der Waals surface area contributed by atoms with Gasteiger partial charge in [-0.25, -0.2) is 13.8 Å². The van der Waals surface area contributed by atoms with E-state index in [0.717, 1.165) is 27.9 Å². The van der Waals surface area contributed by atoms with Gasteiger partial charge in [-0.1, -0.05) is 53.8 Å². The van der Waals surface area contributed by atoms with Gasteiger partial charge in [0.2, 0.25) is 5.91 Å². The molecule has 0 aliphatic heterocycles. The third kappa shape index (κ3) is 5.82. The quantitative estimate of drug-likeness (QED) is 0.329. The predicted octanol–water partition coefficient (Wildman–Crippen LogP) is 5.36. The minimum atomic E-state index is -0.920. The number of hydrogen-bond donors (Lipinski definition) is 1. The van der Waals surface area contributed by atoms with Crippen molar-refractivity contribution in [3.05, 3.63) is 95.6 Å². The Morgan fingerprint density at radius 2 is 1.74 bits per heavy atom. The lowest BCUT2D eigenvalue weighted by molar-refractivity contribution is -0.118. The van der Waals surface area contributed by atoms with Gasteiger partial charge < -0.3 is 5.32 Å². The number of para-hydroxylation sites is 1. The number of amides is 2. The molecule has 0 saturated carbocycles. The molecule has 4 rings (SSSR count). The van der Waals surface area contributed by atoms with Crippen molar-refractivity contribution in [1.29, 1.82) is 0 Å². The van der Waals surface area contributed by atoms with Crippen molar-refractivity contribution in [3.63, 3.8) is 0 Å². The van der Waals surface area contributed by atoms with Crippen LogP contribution < -0.4 is 10.2 Å². The highest BCUT2D eigenvalue weighted by molar-refractivity contribution is 7.22. The van der Waals surface area contributed by atoms with E-state index in [2.05, 4.69) is 10.3 Å². The molecule has 2 amide bonds. The number of anilines is 1. The van der Waals surface area contributed by atoms with E-state index >= 15 is 0 Å². The number of carbonyl (C=O) groups is 2. The van der Waals surface area contributed by atoms with Crippen LogP contribution in [-0.2, 0) is 11.2 Å². The largest absolute Gasteiger partial charge is 0.352 e. The van der Waals surface area contributed by atoms with Crippen LogP contribution in [0.25, 0.3) is 10.2 Å². The number of nitrogens with one attached hydrogen (secondary N) is 1. The van der Waals surface area contributed by atoms with E-state index in [-0.39, 0.29) is 24.4 Å². The number of halogens is 2. The van der Waals surface area contributed by atoms with Crippen molar-refractivity contribution in [1.82, 2.24) is 10.3 Å². The van der Waals surface area contributed by atoms with E-state index in [1.165, 1.54) is 11.3 Å². The van der Waals surface area contributed by atoms with Crippen LogP contribution in [0.15, 0.2) is 72.8 Å². The summed E-state index contributed by atoms with van der Waals surface area (Å²) in [4.78, 5) is 31.6. The van der Waals surface area contributed by atoms with Crippen LogP contribution in [0.3, 0.4) is 0 Å². The Labute approximate surface area is 200 Å². The van der Waals surface area contributed by atoms with E-state index < -0.39 is 17.5 Å². The van der Waals surface area contributed by atoms with Crippen LogP contribution in [-0.4, -0.2) is 29.9 Å². The lowest BCUT2D eigenvalue weighted by Crippen LogP contribution is -2.33. The Morgan fingerprint density at radius 3 is 2.50 bits per heavy atom. The molecular formula is C26H23F2N3O2S. The number of rotatable bonds is 9. The van der Waals surface area contributed by atoms with E-state index in [1.807, 2.05) is 54.6 Å². The fourth-order valence-electron chi connectivity index (χ4n) is 3.53. The van der Waals surface area contributed by atoms with Crippen LogP contribution in [0.5, 0.6) is 0 Å². The van der Waals surface area contributed by atoms with Crippen LogP contribution in [0.4, 0.5) is 13.9 Å². The SMILES string of the molecule is O=C(NCCCC(=O)N(CCc1ccccc1)c1nc2ccccc2s1)c1ccc(F)cc1F. The molecule has 1 aromatic heterocycles. The molecule has 34 heavy (non-hydrogen) atoms. The van der Waals surface area contributed by atoms with Crippen LogP contribution in [0.2, 0.25) is 0 Å². The Balaban J connectivity index is 1.39. The lowest BCUT2D eigenvalue weighted by atomic mass is 10.1. The fraction of sp³-hybridized carbons (Fsp3) is 0.192. The van der Waals surface area contributed by atoms with Gasteiger partial charge in [0.15, 0.2) is 5.13 Å². The number of hydrogen-bond acceptors (Lipinski definition) is 4. The molecule has 1 N–H and O–H groups in total. The molecule has 0 unspecified atom stereocenters. The molecule has 0 atom stereocenters. The standard InChI is InChI=1S/C26H23F2N3O2S/c27-19-12-13-20(21(28)17-19)25(33)29-15-6-11-24(32)31(16-14-18-7-2-1-3-8-18)26-30-22-9-4-5-10-23(22)34-26/h1-5,7-10,12-13,17H,6,11,14-16H2,(H,29,33). The molecule has 174 valence electrons. The molecule has 1 heterocycles. The topological polar surface area (TPSA) is 62.3 Å². The number of fused-ring (bicyclic) bond motifs is 1. The summed E-state index contributed by atoms with van der Waals surface area (Å²) in [6.45, 7) is 0.670. The summed E-state index contributed by atoms with van der Waals surface area (Å²) in [6.07, 6.45) is 1.25. The average molecular weight is 480 g/mol. The summed E-state index contributed by atoms with van der Waals surface area (Å²) in [6, 6.07) is 20.5. The van der Waals surface area contributed by atoms with Crippen molar-refractivity contribution in [2.45, 2.75) is 19.3 Å². The molecule has 3 aromatic carbocycles. The maximum atomic E-state index is 13.8. The first-order valence-electron chi connectivity index (χ1n) is 10.9. The molecule has 8 heteroatoms. The number of thiazole rings is 1. The zero-order valence-corrected chi connectivity index (χ0v) is 19.2. The minimum Gasteiger partial charge on any atom is -0.352 e. The van der Waals surface area contributed by atoms with Gasteiger partial charge in [-0.2, -0.15) is 0 Å². The molecule has 0 aliphatic carbocycles. The van der Waals surface area contributed by atoms with Crippen LogP contribution in [0, 0.1) is 11.6 Å². The van der Waals surface area contributed by atoms with Gasteiger partial charge in [0.1, 0.15) is 11.6 Å². The van der Waals surface area contributed by atoms with Crippen molar-refractivity contribution >= 4 is 38.5 Å². The summed E-state index contributed by atoms with van der Waals surface area (Å²) in [5, 5.41) is 3.23. The Kier molecular flexibility index (Phi) is 7.59. The zero-order valence-electron chi connectivity index (χ0n) is 18.3. The third-order valence-corrected chi connectivity index (χ3v) is 6.37. The second-order valence-corrected chi connectivity index (χ2v) is 8.74. The number of aromatic nitrogens is 1. The average Bonchev–Trinajstić information content (AvgIpc) is 3.26. The fourth-order valence-corrected chi connectivity index (χ4v) is 4.54. The van der Waals surface area contributed by atoms with E-state index in [0.29, 0.717) is 30.6 Å². The van der Waals surface area contributed by atoms with Gasteiger partial charge in [0.05, 0.1) is 15.8 Å². The lowest BCUT2D eigenvalue weighted by Gasteiger charge is -2.20. The molecule has 0 saturated heterocycles. The van der Waals surface area contributed by atoms with Crippen molar-refractivity contribution < 1.29 is 18.4 Å². The van der Waals surface area contributed by atoms with Gasteiger partial charge in [0.25, 0.3) is 5.91 Å². The Bertz CT molecular complexity index is 1260. The van der Waals surface area contributed by atoms with Crippen molar-refractivity contribution in [2.75, 3.05) is 18.0 Å². The van der Waals surface area contributed by atoms with E-state index in [4.69, 9.17) is 0 Å². The predicted molar refractivity (Wildman–Crippen MR) is 130 cm³/mol. The Hall–Kier alpha value is -3.65. The van der Waals surface area contributed by atoms with Crippen LogP contribution in [0.1, 0.15) is 28.8 Å². The molecule has 0 fully saturated rings. The molecule has 0 spiro atoms. The highest BCUT2D eigenvalue weighted by atomic mass is 32.1. The molecule has 5 nitrogen and oxygen atoms in total. The monoisotopic (exact) mass is 479 g/mol. The van der Waals surface area contributed by atoms with Gasteiger partial charge in [-0.15, -0.1) is 0 Å². The highest BCUT2D eigenvalue weighted by Gasteiger charge is 2.20. The van der Waals surface area contributed by atoms with Gasteiger partial charge in [-0.05, 0) is 42.7 Å². The second kappa shape index (κ2) is 11.0. The highest BCUT2D eigenvalue weighted by Crippen LogP contribution is 2.29. The molecular weight excluding hydrogens is 456 g/mol. The molecule has 0 aliphatic rings. The van der Waals surface area contributed by atoms with Gasteiger partial charge in [0, 0.05) is 25.6 Å². The summed E-state index contributed by atoms with van der Waals surface area (Å²) in [5.74, 6) is -2.41. The number of benzene rings is 3. The summed E-state index contributed by atoms with van der Waals surface area (Å²) in [7, 11) is 0. The summed E-state index contributed by atoms with van der Waals surface area (Å²) in [5.41, 5.74) is 1.73. The summed E-state index contributed by atoms with van der Waals surface area (Å²) < 4.78 is 27.8. The van der Waals surface area contributed by atoms with Crippen molar-refractivity contribution in [2.24, 2.45) is 0 Å². The first kappa shape index (κ1) is 23.5. The van der Waals surface area contributed by atoms with E-state index in [1.54, 1.807) is 4.90 Å². The summed E-state index contributed by atoms with van der Waals surface area (Å²) >= 11 is 1.46. The van der Waals surface area contributed by atoms with Gasteiger partial charge >= 0.3 is 0 Å². The van der Waals surface area contributed by atoms with Gasteiger partial charge in [-0.3, -0.25) is 14.5 Å². The number of nitrogens with zero attached hydrogens (tertiary/aromatic N) is 2. The first-order valence-corrected chi connectivity index (χ1v) is 11.8. The third-order valence-electron chi connectivity index (χ3n) is 5.31. The van der Waals surface area contributed by atoms with Crippen LogP contribution >= 0.6 is 11.3 Å². The minimum absolute atomic E-state index is 0.0998. The Morgan fingerprint density at radius 1 is 0.971 bits per heavy atom. The molecule has 4 aromatic rings. The first-order chi connectivity index (χ1) is 16.5. The second-order valence-electron chi connectivity index (χ2n) is 7.73. The normalized spacial score (nSPS) is 10.9. The maximum Gasteiger partial charge on any atom is 0.254 e. The zero-order chi connectivity index (χ0) is 23.9. The maximum absolute atomic E-state index is 13.8. The smallest absolute Gasteiger partial charge is 0.254 e. The molecule has 0 bridgehead atoms. The van der Waals surface area contributed by atoms with Crippen molar-refractivity contribution in [3.8, 4) is 0 Å². The number of carbonyl (C=O) groups excluding carboxylic acids is 2. The van der Waals surface area contributed by atoms with E-state index in [9.17, 15) is 18.4 Å². The molecule has 0 radical (unpaired) electrons.